The van der Waals surface area contributed by atoms with Gasteiger partial charge in [-0.3, -0.25) is 9.89 Å². The third-order valence-corrected chi connectivity index (χ3v) is 5.05. The Morgan fingerprint density at radius 1 is 1.50 bits per heavy atom. The quantitative estimate of drug-likeness (QED) is 0.759. The van der Waals surface area contributed by atoms with E-state index < -0.39 is 0 Å². The lowest BCUT2D eigenvalue weighted by Crippen LogP contribution is -2.11. The Morgan fingerprint density at radius 2 is 2.41 bits per heavy atom. The van der Waals surface area contributed by atoms with E-state index in [2.05, 4.69) is 21.3 Å². The second-order valence-electron chi connectivity index (χ2n) is 5.15. The van der Waals surface area contributed by atoms with Gasteiger partial charge in [-0.25, -0.2) is 0 Å². The summed E-state index contributed by atoms with van der Waals surface area (Å²) in [5, 5.41) is 16.6. The topological polar surface area (TPSA) is 94.6 Å². The van der Waals surface area contributed by atoms with Crippen LogP contribution in [0.3, 0.4) is 0 Å². The standard InChI is InChI=1S/C15H12N4O2S/c16-4-3-10-9-2-1-5-21-12-11(9)14(15(20)19-10)22-13(12)8-6-17-18-7-8/h6-7H,1-3,5H2,(H,17,18)(H,19,20). The molecule has 1 aliphatic heterocycles. The zero-order valence-electron chi connectivity index (χ0n) is 11.6. The molecule has 0 fully saturated rings. The van der Waals surface area contributed by atoms with Crippen LogP contribution in [0, 0.1) is 11.3 Å². The molecule has 0 saturated carbocycles. The van der Waals surface area contributed by atoms with Gasteiger partial charge in [0.05, 0.1) is 30.2 Å². The van der Waals surface area contributed by atoms with Gasteiger partial charge in [0.15, 0.2) is 0 Å². The molecule has 0 radical (unpaired) electrons. The van der Waals surface area contributed by atoms with Crippen LogP contribution >= 0.6 is 11.3 Å². The maximum absolute atomic E-state index is 12.4. The number of pyridine rings is 1. The van der Waals surface area contributed by atoms with E-state index in [1.165, 1.54) is 11.3 Å². The molecule has 7 heteroatoms. The van der Waals surface area contributed by atoms with Gasteiger partial charge in [0.1, 0.15) is 10.4 Å². The van der Waals surface area contributed by atoms with Crippen LogP contribution in [-0.4, -0.2) is 21.8 Å². The molecule has 22 heavy (non-hydrogen) atoms. The Labute approximate surface area is 129 Å². The molecule has 3 aromatic heterocycles. The number of hydrogen-bond acceptors (Lipinski definition) is 5. The van der Waals surface area contributed by atoms with Gasteiger partial charge >= 0.3 is 0 Å². The molecule has 1 aliphatic rings. The third-order valence-electron chi connectivity index (χ3n) is 3.83. The van der Waals surface area contributed by atoms with Gasteiger partial charge in [0.2, 0.25) is 0 Å². The first-order chi connectivity index (χ1) is 10.8. The minimum atomic E-state index is -0.157. The van der Waals surface area contributed by atoms with E-state index in [9.17, 15) is 4.79 Å². The van der Waals surface area contributed by atoms with Crippen molar-refractivity contribution in [1.82, 2.24) is 15.2 Å². The van der Waals surface area contributed by atoms with Crippen molar-refractivity contribution in [2.24, 2.45) is 0 Å². The van der Waals surface area contributed by atoms with E-state index in [1.807, 2.05) is 0 Å². The first-order valence-electron chi connectivity index (χ1n) is 6.99. The van der Waals surface area contributed by atoms with E-state index in [0.717, 1.165) is 40.0 Å². The van der Waals surface area contributed by atoms with E-state index in [-0.39, 0.29) is 12.0 Å². The van der Waals surface area contributed by atoms with Crippen LogP contribution < -0.4 is 10.3 Å². The fourth-order valence-corrected chi connectivity index (χ4v) is 4.05. The van der Waals surface area contributed by atoms with Crippen molar-refractivity contribution in [3.05, 3.63) is 34.0 Å². The van der Waals surface area contributed by atoms with E-state index in [1.54, 1.807) is 12.4 Å². The molecule has 4 heterocycles. The highest BCUT2D eigenvalue weighted by atomic mass is 32.1. The number of aromatic nitrogens is 3. The number of hydrogen-bond donors (Lipinski definition) is 2. The summed E-state index contributed by atoms with van der Waals surface area (Å²) in [4.78, 5) is 16.2. The molecule has 0 atom stereocenters. The maximum Gasteiger partial charge on any atom is 0.266 e. The molecule has 0 bridgehead atoms. The summed E-state index contributed by atoms with van der Waals surface area (Å²) < 4.78 is 6.59. The van der Waals surface area contributed by atoms with E-state index in [0.29, 0.717) is 17.0 Å². The van der Waals surface area contributed by atoms with Crippen molar-refractivity contribution >= 4 is 21.4 Å². The minimum absolute atomic E-state index is 0.157. The highest BCUT2D eigenvalue weighted by Gasteiger charge is 2.25. The number of ether oxygens (including phenoxy) is 1. The van der Waals surface area contributed by atoms with E-state index >= 15 is 0 Å². The lowest BCUT2D eigenvalue weighted by molar-refractivity contribution is 0.321. The molecular formula is C15H12N4O2S. The third kappa shape index (κ3) is 1.84. The van der Waals surface area contributed by atoms with Gasteiger partial charge in [-0.1, -0.05) is 0 Å². The number of thiophene rings is 1. The second-order valence-corrected chi connectivity index (χ2v) is 6.17. The molecule has 0 amide bonds. The fourth-order valence-electron chi connectivity index (χ4n) is 2.90. The van der Waals surface area contributed by atoms with Crippen LogP contribution in [0.2, 0.25) is 0 Å². The Balaban J connectivity index is 2.11. The number of nitriles is 1. The average molecular weight is 312 g/mol. The Kier molecular flexibility index (Phi) is 2.98. The summed E-state index contributed by atoms with van der Waals surface area (Å²) in [5.74, 6) is 0.749. The lowest BCUT2D eigenvalue weighted by Gasteiger charge is -2.06. The molecule has 0 spiro atoms. The van der Waals surface area contributed by atoms with Crippen molar-refractivity contribution in [2.75, 3.05) is 6.61 Å². The number of aryl methyl sites for hydroxylation is 1. The molecule has 6 nitrogen and oxygen atoms in total. The van der Waals surface area contributed by atoms with E-state index in [4.69, 9.17) is 10.00 Å². The zero-order chi connectivity index (χ0) is 15.1. The monoisotopic (exact) mass is 312 g/mol. The predicted molar refractivity (Wildman–Crippen MR) is 83.2 cm³/mol. The largest absolute Gasteiger partial charge is 0.491 e. The van der Waals surface area contributed by atoms with Gasteiger partial charge < -0.3 is 9.72 Å². The number of aromatic amines is 2. The van der Waals surface area contributed by atoms with Crippen LogP contribution in [0.5, 0.6) is 5.75 Å². The molecular weight excluding hydrogens is 300 g/mol. The van der Waals surface area contributed by atoms with Crippen LogP contribution in [0.25, 0.3) is 20.5 Å². The van der Waals surface area contributed by atoms with Gasteiger partial charge in [-0.05, 0) is 18.4 Å². The molecule has 0 saturated heterocycles. The minimum Gasteiger partial charge on any atom is -0.491 e. The van der Waals surface area contributed by atoms with Crippen molar-refractivity contribution in [3.8, 4) is 22.3 Å². The molecule has 0 unspecified atom stereocenters. The smallest absolute Gasteiger partial charge is 0.266 e. The second kappa shape index (κ2) is 5.00. The van der Waals surface area contributed by atoms with Crippen molar-refractivity contribution < 1.29 is 4.74 Å². The molecule has 2 N–H and O–H groups in total. The van der Waals surface area contributed by atoms with Gasteiger partial charge in [0, 0.05) is 22.8 Å². The summed E-state index contributed by atoms with van der Waals surface area (Å²) >= 11 is 1.41. The summed E-state index contributed by atoms with van der Waals surface area (Å²) in [6.07, 6.45) is 5.39. The Bertz CT molecular complexity index is 947. The summed E-state index contributed by atoms with van der Waals surface area (Å²) in [6, 6.07) is 2.13. The normalized spacial score (nSPS) is 13.6. The number of nitrogens with zero attached hydrogens (tertiary/aromatic N) is 2. The van der Waals surface area contributed by atoms with Crippen molar-refractivity contribution in [2.45, 2.75) is 19.3 Å². The van der Waals surface area contributed by atoms with Crippen molar-refractivity contribution in [1.29, 1.82) is 5.26 Å². The molecule has 110 valence electrons. The van der Waals surface area contributed by atoms with Gasteiger partial charge in [-0.15, -0.1) is 11.3 Å². The van der Waals surface area contributed by atoms with Gasteiger partial charge in [-0.2, -0.15) is 10.4 Å². The fraction of sp³-hybridized carbons (Fsp3) is 0.267. The van der Waals surface area contributed by atoms with Gasteiger partial charge in [0.25, 0.3) is 5.56 Å². The van der Waals surface area contributed by atoms with Crippen LogP contribution in [0.15, 0.2) is 17.2 Å². The lowest BCUT2D eigenvalue weighted by atomic mass is 10.0. The summed E-state index contributed by atoms with van der Waals surface area (Å²) in [5.41, 5.74) is 2.50. The maximum atomic E-state index is 12.4. The summed E-state index contributed by atoms with van der Waals surface area (Å²) in [6.45, 7) is 0.603. The SMILES string of the molecule is N#CCc1[nH]c(=O)c2sc(-c3cn[nH]c3)c3c2c1CCCO3. The number of nitrogens with one attached hydrogen (secondary N) is 2. The highest BCUT2D eigenvalue weighted by Crippen LogP contribution is 2.46. The Morgan fingerprint density at radius 3 is 3.18 bits per heavy atom. The van der Waals surface area contributed by atoms with Crippen molar-refractivity contribution in [3.63, 3.8) is 0 Å². The number of rotatable bonds is 2. The molecule has 4 rings (SSSR count). The molecule has 0 aliphatic carbocycles. The summed E-state index contributed by atoms with van der Waals surface area (Å²) in [7, 11) is 0. The van der Waals surface area contributed by atoms with Crippen LogP contribution in [0.1, 0.15) is 17.7 Å². The average Bonchev–Trinajstić information content (AvgIpc) is 3.09. The Hall–Kier alpha value is -2.59. The first kappa shape index (κ1) is 13.1. The zero-order valence-corrected chi connectivity index (χ0v) is 12.4. The molecule has 3 aromatic rings. The van der Waals surface area contributed by atoms with Crippen LogP contribution in [0.4, 0.5) is 0 Å². The van der Waals surface area contributed by atoms with Crippen LogP contribution in [-0.2, 0) is 12.8 Å². The first-order valence-corrected chi connectivity index (χ1v) is 7.80. The predicted octanol–water partition coefficient (Wildman–Crippen LogP) is 2.37. The highest BCUT2D eigenvalue weighted by molar-refractivity contribution is 7.22. The molecule has 0 aromatic carbocycles. The number of H-pyrrole nitrogens is 2.